The fourth-order valence-corrected chi connectivity index (χ4v) is 4.12. The van der Waals surface area contributed by atoms with Crippen molar-refractivity contribution in [3.05, 3.63) is 69.8 Å². The summed E-state index contributed by atoms with van der Waals surface area (Å²) in [6.45, 7) is 6.01. The number of carboxylic acids is 1. The summed E-state index contributed by atoms with van der Waals surface area (Å²) < 4.78 is 11.4. The molecule has 0 amide bonds. The third kappa shape index (κ3) is 8.00. The number of rotatable bonds is 11. The first-order valence-corrected chi connectivity index (χ1v) is 11.8. The van der Waals surface area contributed by atoms with Crippen LogP contribution in [-0.2, 0) is 4.79 Å². The van der Waals surface area contributed by atoms with Gasteiger partial charge in [-0.2, -0.15) is 0 Å². The maximum Gasteiger partial charge on any atom is 0.321 e. The SMILES string of the molecule is C=C(COc1ccc(Cl)c(Cl)c1)NC1CCN(C(CCOc2ccc(Cl)cc2)C(=O)O)CC1. The molecule has 2 aromatic rings. The topological polar surface area (TPSA) is 71.0 Å². The van der Waals surface area contributed by atoms with Crippen LogP contribution in [0.1, 0.15) is 19.3 Å². The number of likely N-dealkylation sites (tertiary alicyclic amines) is 1. The smallest absolute Gasteiger partial charge is 0.321 e. The third-order valence-corrected chi connectivity index (χ3v) is 6.43. The first-order chi connectivity index (χ1) is 15.8. The van der Waals surface area contributed by atoms with Gasteiger partial charge >= 0.3 is 5.97 Å². The molecule has 2 N–H and O–H groups in total. The van der Waals surface area contributed by atoms with Crippen LogP contribution in [-0.4, -0.2) is 54.4 Å². The summed E-state index contributed by atoms with van der Waals surface area (Å²) >= 11 is 17.8. The minimum Gasteiger partial charge on any atom is -0.494 e. The lowest BCUT2D eigenvalue weighted by molar-refractivity contribution is -0.144. The zero-order chi connectivity index (χ0) is 23.8. The normalized spacial score (nSPS) is 15.6. The second-order valence-electron chi connectivity index (χ2n) is 7.87. The Hall–Kier alpha value is -2.12. The highest BCUT2D eigenvalue weighted by Gasteiger charge is 2.29. The molecule has 33 heavy (non-hydrogen) atoms. The number of ether oxygens (including phenoxy) is 2. The molecule has 1 atom stereocenters. The number of carbonyl (C=O) groups is 1. The van der Waals surface area contributed by atoms with Crippen LogP contribution in [0.3, 0.4) is 0 Å². The molecule has 1 aliphatic rings. The number of carboxylic acid groups (broad SMARTS) is 1. The molecule has 2 aromatic carbocycles. The van der Waals surface area contributed by atoms with Crippen molar-refractivity contribution in [2.45, 2.75) is 31.3 Å². The van der Waals surface area contributed by atoms with E-state index in [-0.39, 0.29) is 6.04 Å². The number of nitrogens with one attached hydrogen (secondary N) is 1. The highest BCUT2D eigenvalue weighted by atomic mass is 35.5. The predicted molar refractivity (Wildman–Crippen MR) is 132 cm³/mol. The molecule has 0 aliphatic carbocycles. The molecule has 6 nitrogen and oxygen atoms in total. The fourth-order valence-electron chi connectivity index (χ4n) is 3.70. The lowest BCUT2D eigenvalue weighted by Crippen LogP contribution is -2.49. The molecule has 0 saturated carbocycles. The van der Waals surface area contributed by atoms with Gasteiger partial charge in [0.15, 0.2) is 0 Å². The summed E-state index contributed by atoms with van der Waals surface area (Å²) in [4.78, 5) is 13.8. The van der Waals surface area contributed by atoms with Gasteiger partial charge < -0.3 is 19.9 Å². The van der Waals surface area contributed by atoms with Gasteiger partial charge in [0.05, 0.1) is 16.7 Å². The molecule has 1 saturated heterocycles. The van der Waals surface area contributed by atoms with E-state index in [2.05, 4.69) is 11.9 Å². The van der Waals surface area contributed by atoms with E-state index < -0.39 is 12.0 Å². The first-order valence-electron chi connectivity index (χ1n) is 10.7. The van der Waals surface area contributed by atoms with E-state index in [0.717, 1.165) is 18.5 Å². The van der Waals surface area contributed by atoms with Gasteiger partial charge in [-0.15, -0.1) is 0 Å². The van der Waals surface area contributed by atoms with Gasteiger partial charge in [-0.3, -0.25) is 9.69 Å². The first kappa shape index (κ1) is 25.5. The Morgan fingerprint density at radius 3 is 2.36 bits per heavy atom. The average Bonchev–Trinajstić information content (AvgIpc) is 2.79. The van der Waals surface area contributed by atoms with Crippen LogP contribution >= 0.6 is 34.8 Å². The Balaban J connectivity index is 1.40. The highest BCUT2D eigenvalue weighted by Crippen LogP contribution is 2.26. The summed E-state index contributed by atoms with van der Waals surface area (Å²) in [7, 11) is 0. The summed E-state index contributed by atoms with van der Waals surface area (Å²) in [5.41, 5.74) is 0.755. The van der Waals surface area contributed by atoms with Crippen LogP contribution in [0.2, 0.25) is 15.1 Å². The Kier molecular flexibility index (Phi) is 9.56. The van der Waals surface area contributed by atoms with Gasteiger partial charge in [-0.1, -0.05) is 41.4 Å². The van der Waals surface area contributed by atoms with Crippen molar-refractivity contribution in [1.29, 1.82) is 0 Å². The summed E-state index contributed by atoms with van der Waals surface area (Å²) in [5, 5.41) is 14.6. The maximum absolute atomic E-state index is 11.8. The Morgan fingerprint density at radius 2 is 1.73 bits per heavy atom. The summed E-state index contributed by atoms with van der Waals surface area (Å²) in [5.74, 6) is 0.459. The van der Waals surface area contributed by atoms with Crippen molar-refractivity contribution in [3.8, 4) is 11.5 Å². The van der Waals surface area contributed by atoms with E-state index in [9.17, 15) is 9.90 Å². The van der Waals surface area contributed by atoms with Crippen molar-refractivity contribution in [2.75, 3.05) is 26.3 Å². The van der Waals surface area contributed by atoms with E-state index in [0.29, 0.717) is 59.3 Å². The molecule has 9 heteroatoms. The molecule has 0 spiro atoms. The van der Waals surface area contributed by atoms with Crippen LogP contribution in [0.25, 0.3) is 0 Å². The minimum absolute atomic E-state index is 0.214. The van der Waals surface area contributed by atoms with E-state index in [1.165, 1.54) is 0 Å². The zero-order valence-corrected chi connectivity index (χ0v) is 20.4. The molecule has 1 fully saturated rings. The molecule has 0 aromatic heterocycles. The Labute approximate surface area is 209 Å². The van der Waals surface area contributed by atoms with Crippen LogP contribution in [0.4, 0.5) is 0 Å². The summed E-state index contributed by atoms with van der Waals surface area (Å²) in [6.07, 6.45) is 2.03. The Bertz CT molecular complexity index is 947. The van der Waals surface area contributed by atoms with E-state index in [4.69, 9.17) is 44.3 Å². The molecule has 0 bridgehead atoms. The molecular weight excluding hydrogens is 487 g/mol. The van der Waals surface area contributed by atoms with Gasteiger partial charge in [0.25, 0.3) is 0 Å². The largest absolute Gasteiger partial charge is 0.494 e. The monoisotopic (exact) mass is 512 g/mol. The van der Waals surface area contributed by atoms with E-state index in [1.54, 1.807) is 42.5 Å². The second kappa shape index (κ2) is 12.4. The molecule has 1 heterocycles. The van der Waals surface area contributed by atoms with Crippen LogP contribution < -0.4 is 14.8 Å². The highest BCUT2D eigenvalue weighted by molar-refractivity contribution is 6.42. The van der Waals surface area contributed by atoms with Crippen LogP contribution in [0.5, 0.6) is 11.5 Å². The zero-order valence-electron chi connectivity index (χ0n) is 18.1. The number of nitrogens with zero attached hydrogens (tertiary/aromatic N) is 1. The standard InChI is InChI=1S/C24H27Cl3N2O4/c1-16(15-33-20-6-7-21(26)22(27)14-20)28-18-8-11-29(12-9-18)23(24(30)31)10-13-32-19-4-2-17(25)3-5-19/h2-7,14,18,23,28H,1,8-13,15H2,(H,30,31). The van der Waals surface area contributed by atoms with Crippen LogP contribution in [0, 0.1) is 0 Å². The average molecular weight is 514 g/mol. The number of aliphatic carboxylic acids is 1. The molecule has 3 rings (SSSR count). The molecule has 1 unspecified atom stereocenters. The molecule has 178 valence electrons. The van der Waals surface area contributed by atoms with Gasteiger partial charge in [-0.05, 0) is 49.2 Å². The fraction of sp³-hybridized carbons (Fsp3) is 0.375. The molecule has 1 aliphatic heterocycles. The van der Waals surface area contributed by atoms with Gasteiger partial charge in [0.2, 0.25) is 0 Å². The van der Waals surface area contributed by atoms with Crippen molar-refractivity contribution >= 4 is 40.8 Å². The second-order valence-corrected chi connectivity index (χ2v) is 9.12. The predicted octanol–water partition coefficient (Wildman–Crippen LogP) is 5.52. The number of halogens is 3. The molecular formula is C24H27Cl3N2O4. The molecule has 0 radical (unpaired) electrons. The van der Waals surface area contributed by atoms with Gasteiger partial charge in [-0.25, -0.2) is 0 Å². The van der Waals surface area contributed by atoms with E-state index >= 15 is 0 Å². The van der Waals surface area contributed by atoms with Crippen molar-refractivity contribution < 1.29 is 19.4 Å². The van der Waals surface area contributed by atoms with Crippen molar-refractivity contribution in [3.63, 3.8) is 0 Å². The van der Waals surface area contributed by atoms with Gasteiger partial charge in [0, 0.05) is 42.3 Å². The minimum atomic E-state index is -0.833. The summed E-state index contributed by atoms with van der Waals surface area (Å²) in [6, 6.07) is 11.8. The third-order valence-electron chi connectivity index (χ3n) is 5.44. The number of benzene rings is 2. The lowest BCUT2D eigenvalue weighted by Gasteiger charge is -2.36. The lowest BCUT2D eigenvalue weighted by atomic mass is 10.0. The Morgan fingerprint density at radius 1 is 1.06 bits per heavy atom. The van der Waals surface area contributed by atoms with Crippen molar-refractivity contribution in [2.24, 2.45) is 0 Å². The number of piperidine rings is 1. The number of hydrogen-bond donors (Lipinski definition) is 2. The van der Waals surface area contributed by atoms with Crippen molar-refractivity contribution in [1.82, 2.24) is 10.2 Å². The maximum atomic E-state index is 11.8. The quantitative estimate of drug-likeness (QED) is 0.412. The van der Waals surface area contributed by atoms with Crippen LogP contribution in [0.15, 0.2) is 54.7 Å². The van der Waals surface area contributed by atoms with E-state index in [1.807, 2.05) is 4.90 Å². The number of hydrogen-bond acceptors (Lipinski definition) is 5. The van der Waals surface area contributed by atoms with Gasteiger partial charge in [0.1, 0.15) is 24.1 Å².